The van der Waals surface area contributed by atoms with Crippen molar-refractivity contribution in [3.8, 4) is 0 Å². The van der Waals surface area contributed by atoms with Gasteiger partial charge in [-0.15, -0.1) is 0 Å². The Hall–Kier alpha value is -3.60. The number of nitrogens with one attached hydrogen (secondary N) is 1. The first-order valence-electron chi connectivity index (χ1n) is 16.2. The van der Waals surface area contributed by atoms with Crippen LogP contribution in [0.15, 0.2) is 73.1 Å². The summed E-state index contributed by atoms with van der Waals surface area (Å²) in [4.78, 5) is 21.9. The lowest BCUT2D eigenvalue weighted by Gasteiger charge is -2.42. The molecule has 1 fully saturated rings. The second-order valence-electron chi connectivity index (χ2n) is 13.8. The van der Waals surface area contributed by atoms with Gasteiger partial charge in [-0.3, -0.25) is 4.98 Å². The number of urea groups is 1. The monoisotopic (exact) mass is 578 g/mol. The third kappa shape index (κ3) is 6.51. The normalized spacial score (nSPS) is 15.3. The van der Waals surface area contributed by atoms with Crippen LogP contribution >= 0.6 is 0 Å². The average molecular weight is 579 g/mol. The summed E-state index contributed by atoms with van der Waals surface area (Å²) in [5, 5.41) is 4.75. The van der Waals surface area contributed by atoms with Crippen molar-refractivity contribution < 1.29 is 4.79 Å². The highest BCUT2D eigenvalue weighted by Crippen LogP contribution is 2.42. The van der Waals surface area contributed by atoms with Gasteiger partial charge in [0, 0.05) is 48.0 Å². The minimum atomic E-state index is -0.307. The fraction of sp³-hybridized carbons (Fsp3) is 0.474. The molecule has 1 atom stereocenters. The Morgan fingerprint density at radius 2 is 1.58 bits per heavy atom. The van der Waals surface area contributed by atoms with Crippen LogP contribution in [0.25, 0.3) is 10.9 Å². The highest BCUT2D eigenvalue weighted by atomic mass is 16.2. The van der Waals surface area contributed by atoms with Crippen LogP contribution in [0.3, 0.4) is 0 Å². The molecule has 1 saturated carbocycles. The predicted molar refractivity (Wildman–Crippen MR) is 180 cm³/mol. The van der Waals surface area contributed by atoms with Crippen LogP contribution in [0.4, 0.5) is 10.5 Å². The highest BCUT2D eigenvalue weighted by molar-refractivity contribution is 5.92. The van der Waals surface area contributed by atoms with Crippen LogP contribution in [0.5, 0.6) is 0 Å². The summed E-state index contributed by atoms with van der Waals surface area (Å²) >= 11 is 0. The number of anilines is 1. The Balaban J connectivity index is 1.63. The van der Waals surface area contributed by atoms with E-state index in [1.165, 1.54) is 46.9 Å². The predicted octanol–water partition coefficient (Wildman–Crippen LogP) is 9.95. The third-order valence-electron chi connectivity index (χ3n) is 9.48. The second kappa shape index (κ2) is 13.0. The van der Waals surface area contributed by atoms with Gasteiger partial charge >= 0.3 is 6.03 Å². The van der Waals surface area contributed by atoms with Gasteiger partial charge in [-0.25, -0.2) is 4.79 Å². The highest BCUT2D eigenvalue weighted by Gasteiger charge is 2.39. The molecule has 43 heavy (non-hydrogen) atoms. The lowest BCUT2D eigenvalue weighted by Crippen LogP contribution is -2.47. The molecule has 5 rings (SSSR count). The fourth-order valence-electron chi connectivity index (χ4n) is 7.22. The van der Waals surface area contributed by atoms with Crippen molar-refractivity contribution in [2.75, 3.05) is 11.9 Å². The summed E-state index contributed by atoms with van der Waals surface area (Å²) in [6.07, 6.45) is 10.0. The maximum absolute atomic E-state index is 14.9. The van der Waals surface area contributed by atoms with E-state index in [0.29, 0.717) is 24.3 Å². The summed E-state index contributed by atoms with van der Waals surface area (Å²) in [5.74, 6) is 0.946. The largest absolute Gasteiger partial charge is 0.350 e. The lowest BCUT2D eigenvalue weighted by molar-refractivity contribution is 0.120. The number of carbonyl (C=O) groups is 1. The summed E-state index contributed by atoms with van der Waals surface area (Å²) in [5.41, 5.74) is 6.48. The Morgan fingerprint density at radius 1 is 0.930 bits per heavy atom. The molecule has 2 aromatic carbocycles. The second-order valence-corrected chi connectivity index (χ2v) is 13.8. The number of rotatable bonds is 9. The summed E-state index contributed by atoms with van der Waals surface area (Å²) in [7, 11) is 2.11. The topological polar surface area (TPSA) is 50.2 Å². The molecule has 0 radical (unpaired) electrons. The van der Waals surface area contributed by atoms with Gasteiger partial charge in [-0.2, -0.15) is 0 Å². The standard InChI is InChI=1S/C38H50N4O/c1-26(2)29-19-15-20-30(27(3)4)35(29)40-37(43)42(36(28-16-9-8-10-17-28)33-21-13-14-23-39-33)25-38(5,6)32-24-41(7)34-22-12-11-18-31(32)34/h11-15,18-24,26-28,36H,8-10,16-17,25H2,1-7H3,(H,40,43). The van der Waals surface area contributed by atoms with Gasteiger partial charge in [0.1, 0.15) is 0 Å². The van der Waals surface area contributed by atoms with Crippen LogP contribution in [0.2, 0.25) is 0 Å². The number of benzene rings is 2. The molecule has 2 heterocycles. The van der Waals surface area contributed by atoms with Crippen molar-refractivity contribution in [1.82, 2.24) is 14.5 Å². The molecule has 0 spiro atoms. The maximum atomic E-state index is 14.9. The summed E-state index contributed by atoms with van der Waals surface area (Å²) in [6, 6.07) is 21.0. The number of aryl methyl sites for hydroxylation is 1. The molecule has 2 aromatic heterocycles. The number of fused-ring (bicyclic) bond motifs is 1. The van der Waals surface area contributed by atoms with Gasteiger partial charge < -0.3 is 14.8 Å². The molecular weight excluding hydrogens is 528 g/mol. The van der Waals surface area contributed by atoms with Crippen LogP contribution in [-0.4, -0.2) is 27.0 Å². The first-order valence-corrected chi connectivity index (χ1v) is 16.2. The number of para-hydroxylation sites is 2. The zero-order valence-electron chi connectivity index (χ0n) is 27.2. The molecule has 2 amide bonds. The Bertz CT molecular complexity index is 1500. The maximum Gasteiger partial charge on any atom is 0.322 e. The van der Waals surface area contributed by atoms with E-state index in [1.807, 2.05) is 12.3 Å². The number of pyridine rings is 1. The van der Waals surface area contributed by atoms with Crippen molar-refractivity contribution in [3.05, 3.63) is 95.4 Å². The number of carbonyl (C=O) groups excluding carboxylic acids is 1. The molecular formula is C38H50N4O. The van der Waals surface area contributed by atoms with Gasteiger partial charge in [0.2, 0.25) is 0 Å². The molecule has 1 N–H and O–H groups in total. The quantitative estimate of drug-likeness (QED) is 0.215. The molecule has 1 unspecified atom stereocenters. The van der Waals surface area contributed by atoms with E-state index in [1.54, 1.807) is 0 Å². The minimum Gasteiger partial charge on any atom is -0.350 e. The van der Waals surface area contributed by atoms with Crippen LogP contribution in [0, 0.1) is 5.92 Å². The molecule has 4 aromatic rings. The molecule has 0 bridgehead atoms. The van der Waals surface area contributed by atoms with Crippen molar-refractivity contribution in [1.29, 1.82) is 0 Å². The number of aromatic nitrogens is 2. The molecule has 0 saturated heterocycles. The Morgan fingerprint density at radius 3 is 2.21 bits per heavy atom. The average Bonchev–Trinajstić information content (AvgIpc) is 3.35. The summed E-state index contributed by atoms with van der Waals surface area (Å²) in [6.45, 7) is 14.0. The number of hydrogen-bond donors (Lipinski definition) is 1. The van der Waals surface area contributed by atoms with Crippen molar-refractivity contribution >= 4 is 22.6 Å². The van der Waals surface area contributed by atoms with E-state index in [9.17, 15) is 4.79 Å². The van der Waals surface area contributed by atoms with E-state index < -0.39 is 0 Å². The van der Waals surface area contributed by atoms with Crippen LogP contribution in [0.1, 0.15) is 114 Å². The molecule has 1 aliphatic carbocycles. The van der Waals surface area contributed by atoms with E-state index in [0.717, 1.165) is 24.2 Å². The fourth-order valence-corrected chi connectivity index (χ4v) is 7.22. The first kappa shape index (κ1) is 30.8. The van der Waals surface area contributed by atoms with E-state index in [4.69, 9.17) is 4.98 Å². The zero-order valence-corrected chi connectivity index (χ0v) is 27.2. The van der Waals surface area contributed by atoms with Crippen LogP contribution in [-0.2, 0) is 12.5 Å². The molecule has 5 heteroatoms. The Labute approximate surface area is 258 Å². The first-order chi connectivity index (χ1) is 20.6. The zero-order chi connectivity index (χ0) is 30.7. The minimum absolute atomic E-state index is 0.0375. The number of amides is 2. The molecule has 228 valence electrons. The van der Waals surface area contributed by atoms with Crippen molar-refractivity contribution in [2.24, 2.45) is 13.0 Å². The van der Waals surface area contributed by atoms with Crippen molar-refractivity contribution in [3.63, 3.8) is 0 Å². The van der Waals surface area contributed by atoms with Gasteiger partial charge in [0.05, 0.1) is 11.7 Å². The molecule has 0 aliphatic heterocycles. The smallest absolute Gasteiger partial charge is 0.322 e. The van der Waals surface area contributed by atoms with Gasteiger partial charge in [-0.1, -0.05) is 103 Å². The number of nitrogens with zero attached hydrogens (tertiary/aromatic N) is 3. The Kier molecular flexibility index (Phi) is 9.29. The van der Waals surface area contributed by atoms with Gasteiger partial charge in [0.25, 0.3) is 0 Å². The van der Waals surface area contributed by atoms with E-state index in [2.05, 4.69) is 124 Å². The SMILES string of the molecule is CC(C)c1cccc(C(C)C)c1NC(=O)N(CC(C)(C)c1cn(C)c2ccccc12)C(c1ccccn1)C1CCCCC1. The van der Waals surface area contributed by atoms with Gasteiger partial charge in [0.15, 0.2) is 0 Å². The van der Waals surface area contributed by atoms with E-state index in [-0.39, 0.29) is 17.5 Å². The number of hydrogen-bond acceptors (Lipinski definition) is 2. The van der Waals surface area contributed by atoms with E-state index >= 15 is 0 Å². The summed E-state index contributed by atoms with van der Waals surface area (Å²) < 4.78 is 2.21. The molecule has 5 nitrogen and oxygen atoms in total. The van der Waals surface area contributed by atoms with Crippen LogP contribution < -0.4 is 5.32 Å². The van der Waals surface area contributed by atoms with Gasteiger partial charge in [-0.05, 0) is 65.5 Å². The lowest BCUT2D eigenvalue weighted by atomic mass is 9.79. The van der Waals surface area contributed by atoms with Crippen molar-refractivity contribution in [2.45, 2.75) is 96.9 Å². The third-order valence-corrected chi connectivity index (χ3v) is 9.48. The molecule has 1 aliphatic rings.